The first-order chi connectivity index (χ1) is 10.6. The lowest BCUT2D eigenvalue weighted by Crippen LogP contribution is -2.46. The lowest BCUT2D eigenvalue weighted by Gasteiger charge is -2.37. The molecule has 22 heavy (non-hydrogen) atoms. The second-order valence-corrected chi connectivity index (χ2v) is 8.00. The van der Waals surface area contributed by atoms with Crippen molar-refractivity contribution in [3.8, 4) is 0 Å². The Kier molecular flexibility index (Phi) is 5.31. The van der Waals surface area contributed by atoms with Crippen LogP contribution in [0.5, 0.6) is 0 Å². The summed E-state index contributed by atoms with van der Waals surface area (Å²) in [5, 5.41) is 10.6. The van der Waals surface area contributed by atoms with Gasteiger partial charge in [-0.3, -0.25) is 4.90 Å². The third kappa shape index (κ3) is 4.18. The number of hydrogen-bond acceptors (Lipinski definition) is 6. The van der Waals surface area contributed by atoms with E-state index < -0.39 is 0 Å². The molecule has 6 heteroatoms. The van der Waals surface area contributed by atoms with E-state index in [1.54, 1.807) is 11.3 Å². The molecular formula is C16H28N4OS. The normalized spacial score (nSPS) is 28.2. The molecule has 3 heterocycles. The van der Waals surface area contributed by atoms with Gasteiger partial charge in [0.25, 0.3) is 0 Å². The van der Waals surface area contributed by atoms with Gasteiger partial charge >= 0.3 is 0 Å². The second kappa shape index (κ2) is 7.23. The zero-order valence-corrected chi connectivity index (χ0v) is 14.8. The standard InChI is InChI=1S/C16H28N4OS/c1-12-10-19(11-13(2)21-12)7-4-15-5-8-20(9-6-15)16-18-17-14(3)22-16/h12-13,15H,4-11H2,1-3H3. The SMILES string of the molecule is Cc1nnc(N2CCC(CCN3CC(C)OC(C)C3)CC2)s1. The Morgan fingerprint density at radius 3 is 2.41 bits per heavy atom. The molecule has 5 nitrogen and oxygen atoms in total. The van der Waals surface area contributed by atoms with E-state index in [1.807, 2.05) is 6.92 Å². The molecule has 0 bridgehead atoms. The number of nitrogens with zero attached hydrogens (tertiary/aromatic N) is 4. The number of aromatic nitrogens is 2. The number of morpholine rings is 1. The molecular weight excluding hydrogens is 296 g/mol. The Bertz CT molecular complexity index is 462. The van der Waals surface area contributed by atoms with Crippen molar-refractivity contribution >= 4 is 16.5 Å². The van der Waals surface area contributed by atoms with Crippen LogP contribution in [0.2, 0.25) is 0 Å². The van der Waals surface area contributed by atoms with E-state index in [-0.39, 0.29) is 0 Å². The van der Waals surface area contributed by atoms with Gasteiger partial charge in [0, 0.05) is 26.2 Å². The average Bonchev–Trinajstić information content (AvgIpc) is 2.91. The summed E-state index contributed by atoms with van der Waals surface area (Å²) in [5.41, 5.74) is 0. The molecule has 0 N–H and O–H groups in total. The molecule has 2 atom stereocenters. The first kappa shape index (κ1) is 16.1. The maximum absolute atomic E-state index is 5.81. The fraction of sp³-hybridized carbons (Fsp3) is 0.875. The van der Waals surface area contributed by atoms with Crippen LogP contribution < -0.4 is 4.90 Å². The highest BCUT2D eigenvalue weighted by atomic mass is 32.1. The van der Waals surface area contributed by atoms with Crippen LogP contribution in [0.3, 0.4) is 0 Å². The van der Waals surface area contributed by atoms with Crippen LogP contribution in [0, 0.1) is 12.8 Å². The van der Waals surface area contributed by atoms with Crippen molar-refractivity contribution in [2.24, 2.45) is 5.92 Å². The van der Waals surface area contributed by atoms with Crippen molar-refractivity contribution < 1.29 is 4.74 Å². The highest BCUT2D eigenvalue weighted by molar-refractivity contribution is 7.15. The second-order valence-electron chi connectivity index (χ2n) is 6.84. The van der Waals surface area contributed by atoms with Gasteiger partial charge in [-0.15, -0.1) is 10.2 Å². The monoisotopic (exact) mass is 324 g/mol. The number of aryl methyl sites for hydroxylation is 1. The number of piperidine rings is 1. The maximum atomic E-state index is 5.81. The van der Waals surface area contributed by atoms with Gasteiger partial charge in [0.2, 0.25) is 5.13 Å². The van der Waals surface area contributed by atoms with Crippen LogP contribution in [0.15, 0.2) is 0 Å². The first-order valence-electron chi connectivity index (χ1n) is 8.53. The maximum Gasteiger partial charge on any atom is 0.208 e. The van der Waals surface area contributed by atoms with Crippen molar-refractivity contribution in [1.29, 1.82) is 0 Å². The van der Waals surface area contributed by atoms with Gasteiger partial charge in [0.15, 0.2) is 0 Å². The minimum absolute atomic E-state index is 0.381. The van der Waals surface area contributed by atoms with E-state index in [4.69, 9.17) is 4.74 Å². The molecule has 0 radical (unpaired) electrons. The summed E-state index contributed by atoms with van der Waals surface area (Å²) >= 11 is 1.71. The van der Waals surface area contributed by atoms with Crippen LogP contribution in [0.1, 0.15) is 38.1 Å². The molecule has 1 aromatic heterocycles. The Balaban J connectivity index is 1.40. The lowest BCUT2D eigenvalue weighted by molar-refractivity contribution is -0.0690. The van der Waals surface area contributed by atoms with Gasteiger partial charge in [0.1, 0.15) is 5.01 Å². The number of rotatable bonds is 4. The molecule has 0 amide bonds. The number of ether oxygens (including phenoxy) is 1. The zero-order chi connectivity index (χ0) is 15.5. The zero-order valence-electron chi connectivity index (χ0n) is 14.0. The Morgan fingerprint density at radius 2 is 1.82 bits per heavy atom. The molecule has 2 aliphatic rings. The van der Waals surface area contributed by atoms with Crippen LogP contribution in [-0.2, 0) is 4.74 Å². The molecule has 2 unspecified atom stereocenters. The van der Waals surface area contributed by atoms with Crippen molar-refractivity contribution in [3.63, 3.8) is 0 Å². The molecule has 2 saturated heterocycles. The Hall–Kier alpha value is -0.720. The molecule has 0 saturated carbocycles. The van der Waals surface area contributed by atoms with Crippen molar-refractivity contribution in [1.82, 2.24) is 15.1 Å². The molecule has 0 spiro atoms. The largest absolute Gasteiger partial charge is 0.373 e. The van der Waals surface area contributed by atoms with E-state index in [2.05, 4.69) is 33.8 Å². The summed E-state index contributed by atoms with van der Waals surface area (Å²) in [7, 11) is 0. The first-order valence-corrected chi connectivity index (χ1v) is 9.34. The number of anilines is 1. The van der Waals surface area contributed by atoms with Gasteiger partial charge in [-0.1, -0.05) is 11.3 Å². The highest BCUT2D eigenvalue weighted by Crippen LogP contribution is 2.27. The summed E-state index contributed by atoms with van der Waals surface area (Å²) in [6.45, 7) is 12.1. The van der Waals surface area contributed by atoms with Gasteiger partial charge in [-0.25, -0.2) is 0 Å². The molecule has 0 aliphatic carbocycles. The molecule has 0 aromatic carbocycles. The average molecular weight is 324 g/mol. The fourth-order valence-electron chi connectivity index (χ4n) is 3.66. The van der Waals surface area contributed by atoms with Crippen molar-refractivity contribution in [3.05, 3.63) is 5.01 Å². The molecule has 3 rings (SSSR count). The minimum Gasteiger partial charge on any atom is -0.373 e. The van der Waals surface area contributed by atoms with Crippen molar-refractivity contribution in [2.75, 3.05) is 37.6 Å². The van der Waals surface area contributed by atoms with E-state index >= 15 is 0 Å². The van der Waals surface area contributed by atoms with Gasteiger partial charge < -0.3 is 9.64 Å². The fourth-order valence-corrected chi connectivity index (χ4v) is 4.40. The quantitative estimate of drug-likeness (QED) is 0.851. The van der Waals surface area contributed by atoms with E-state index in [1.165, 1.54) is 25.8 Å². The van der Waals surface area contributed by atoms with Crippen LogP contribution >= 0.6 is 11.3 Å². The highest BCUT2D eigenvalue weighted by Gasteiger charge is 2.25. The molecule has 1 aromatic rings. The van der Waals surface area contributed by atoms with Gasteiger partial charge in [0.05, 0.1) is 12.2 Å². The van der Waals surface area contributed by atoms with Crippen molar-refractivity contribution in [2.45, 2.75) is 52.2 Å². The Morgan fingerprint density at radius 1 is 1.14 bits per heavy atom. The van der Waals surface area contributed by atoms with Crippen LogP contribution in [-0.4, -0.2) is 60.0 Å². The van der Waals surface area contributed by atoms with Crippen LogP contribution in [0.25, 0.3) is 0 Å². The summed E-state index contributed by atoms with van der Waals surface area (Å²) in [6, 6.07) is 0. The topological polar surface area (TPSA) is 41.5 Å². The van der Waals surface area contributed by atoms with E-state index in [9.17, 15) is 0 Å². The summed E-state index contributed by atoms with van der Waals surface area (Å²) in [6.07, 6.45) is 4.65. The van der Waals surface area contributed by atoms with Gasteiger partial charge in [-0.2, -0.15) is 0 Å². The summed E-state index contributed by atoms with van der Waals surface area (Å²) in [5.74, 6) is 0.860. The lowest BCUT2D eigenvalue weighted by atomic mass is 9.93. The smallest absolute Gasteiger partial charge is 0.208 e. The third-order valence-electron chi connectivity index (χ3n) is 4.75. The van der Waals surface area contributed by atoms with E-state index in [0.717, 1.165) is 42.2 Å². The Labute approximate surface area is 137 Å². The van der Waals surface area contributed by atoms with Crippen LogP contribution in [0.4, 0.5) is 5.13 Å². The van der Waals surface area contributed by atoms with E-state index in [0.29, 0.717) is 12.2 Å². The summed E-state index contributed by atoms with van der Waals surface area (Å²) in [4.78, 5) is 4.99. The molecule has 2 aliphatic heterocycles. The predicted octanol–water partition coefficient (Wildman–Crippen LogP) is 2.56. The van der Waals surface area contributed by atoms with Gasteiger partial charge in [-0.05, 0) is 52.5 Å². The minimum atomic E-state index is 0.381. The summed E-state index contributed by atoms with van der Waals surface area (Å²) < 4.78 is 5.81. The molecule has 2 fully saturated rings. The molecule has 124 valence electrons. The number of hydrogen-bond donors (Lipinski definition) is 0. The third-order valence-corrected chi connectivity index (χ3v) is 5.65. The predicted molar refractivity (Wildman–Crippen MR) is 90.6 cm³/mol.